The molecule has 1 unspecified atom stereocenters. The van der Waals surface area contributed by atoms with Crippen molar-refractivity contribution >= 4 is 34.0 Å². The van der Waals surface area contributed by atoms with E-state index in [2.05, 4.69) is 31.8 Å². The first-order valence-corrected chi connectivity index (χ1v) is 11.9. The lowest BCUT2D eigenvalue weighted by Crippen LogP contribution is -2.43. The molecule has 3 aromatic rings. The van der Waals surface area contributed by atoms with Gasteiger partial charge in [0.05, 0.1) is 24.9 Å². The van der Waals surface area contributed by atoms with Gasteiger partial charge < -0.3 is 19.5 Å². The van der Waals surface area contributed by atoms with Crippen molar-refractivity contribution in [2.75, 3.05) is 14.2 Å². The van der Waals surface area contributed by atoms with Crippen molar-refractivity contribution in [1.82, 2.24) is 10.7 Å². The molecule has 0 fully saturated rings. The number of methoxy groups -OCH3 is 2. The second kappa shape index (κ2) is 12.7. The highest BCUT2D eigenvalue weighted by molar-refractivity contribution is 9.10. The van der Waals surface area contributed by atoms with Crippen molar-refractivity contribution in [1.29, 1.82) is 0 Å². The summed E-state index contributed by atoms with van der Waals surface area (Å²) in [6, 6.07) is 17.4. The van der Waals surface area contributed by atoms with E-state index in [9.17, 15) is 9.59 Å². The third kappa shape index (κ3) is 7.32. The lowest BCUT2D eigenvalue weighted by molar-refractivity contribution is -0.122. The summed E-state index contributed by atoms with van der Waals surface area (Å²) in [5, 5.41) is 6.64. The number of hydrogen-bond acceptors (Lipinski definition) is 6. The summed E-state index contributed by atoms with van der Waals surface area (Å²) < 4.78 is 17.2. The van der Waals surface area contributed by atoms with E-state index in [1.165, 1.54) is 11.8 Å². The first-order valence-electron chi connectivity index (χ1n) is 11.1. The van der Waals surface area contributed by atoms with E-state index < -0.39 is 11.9 Å². The van der Waals surface area contributed by atoms with Crippen molar-refractivity contribution in [2.24, 2.45) is 5.10 Å². The van der Waals surface area contributed by atoms with Crippen molar-refractivity contribution in [3.05, 3.63) is 87.4 Å². The van der Waals surface area contributed by atoms with Crippen LogP contribution in [0.25, 0.3) is 0 Å². The van der Waals surface area contributed by atoms with E-state index in [0.717, 1.165) is 5.56 Å². The quantitative estimate of drug-likeness (QED) is 0.282. The summed E-state index contributed by atoms with van der Waals surface area (Å²) in [6.45, 7) is 4.00. The summed E-state index contributed by atoms with van der Waals surface area (Å²) in [4.78, 5) is 24.7. The number of halogens is 1. The molecular weight excluding hydrogens is 526 g/mol. The van der Waals surface area contributed by atoms with Crippen molar-refractivity contribution < 1.29 is 23.8 Å². The average molecular weight is 554 g/mol. The first-order chi connectivity index (χ1) is 17.3. The molecule has 0 spiro atoms. The van der Waals surface area contributed by atoms with Crippen LogP contribution in [0.3, 0.4) is 0 Å². The third-order valence-corrected chi connectivity index (χ3v) is 5.83. The number of carbonyl (C=O) groups excluding carboxylic acids is 2. The fourth-order valence-corrected chi connectivity index (χ4v) is 3.72. The number of benzene rings is 3. The zero-order chi connectivity index (χ0) is 26.1. The Kier molecular flexibility index (Phi) is 9.46. The minimum atomic E-state index is -0.796. The fraction of sp³-hybridized carbons (Fsp3) is 0.222. The molecule has 0 aliphatic heterocycles. The SMILES string of the molecule is COc1ccc(C(=O)NC(C)C(=O)NN=Cc2cc(Br)c(OCc3ccc(C)cc3)c(OC)c2)cc1. The van der Waals surface area contributed by atoms with Gasteiger partial charge in [-0.05, 0) is 77.3 Å². The van der Waals surface area contributed by atoms with E-state index in [-0.39, 0.29) is 5.91 Å². The number of hydrazone groups is 1. The molecule has 2 N–H and O–H groups in total. The van der Waals surface area contributed by atoms with Gasteiger partial charge in [0, 0.05) is 5.56 Å². The van der Waals surface area contributed by atoms with Gasteiger partial charge in [0.15, 0.2) is 11.5 Å². The lowest BCUT2D eigenvalue weighted by Gasteiger charge is -2.14. The topological polar surface area (TPSA) is 98.2 Å². The van der Waals surface area contributed by atoms with Gasteiger partial charge in [-0.1, -0.05) is 29.8 Å². The molecule has 9 heteroatoms. The van der Waals surface area contributed by atoms with Crippen LogP contribution in [0.2, 0.25) is 0 Å². The Hall–Kier alpha value is -3.85. The van der Waals surface area contributed by atoms with Gasteiger partial charge in [-0.2, -0.15) is 5.10 Å². The molecule has 36 heavy (non-hydrogen) atoms. The van der Waals surface area contributed by atoms with Crippen molar-refractivity contribution in [3.63, 3.8) is 0 Å². The molecule has 0 aliphatic rings. The summed E-state index contributed by atoms with van der Waals surface area (Å²) >= 11 is 3.52. The van der Waals surface area contributed by atoms with E-state index >= 15 is 0 Å². The Bertz CT molecular complexity index is 1230. The van der Waals surface area contributed by atoms with Crippen molar-refractivity contribution in [2.45, 2.75) is 26.5 Å². The summed E-state index contributed by atoms with van der Waals surface area (Å²) in [6.07, 6.45) is 1.48. The highest BCUT2D eigenvalue weighted by Crippen LogP contribution is 2.36. The van der Waals surface area contributed by atoms with E-state index in [1.807, 2.05) is 31.2 Å². The minimum Gasteiger partial charge on any atom is -0.497 e. The molecule has 0 heterocycles. The van der Waals surface area contributed by atoms with Gasteiger partial charge >= 0.3 is 0 Å². The van der Waals surface area contributed by atoms with Crippen LogP contribution >= 0.6 is 15.9 Å². The fourth-order valence-electron chi connectivity index (χ4n) is 3.15. The molecular formula is C27H28BrN3O5. The maximum absolute atomic E-state index is 12.4. The van der Waals surface area contributed by atoms with Crippen LogP contribution in [0, 0.1) is 6.92 Å². The predicted octanol–water partition coefficient (Wildman–Crippen LogP) is 4.62. The average Bonchev–Trinajstić information content (AvgIpc) is 2.88. The third-order valence-electron chi connectivity index (χ3n) is 5.24. The smallest absolute Gasteiger partial charge is 0.262 e. The predicted molar refractivity (Wildman–Crippen MR) is 142 cm³/mol. The maximum atomic E-state index is 12.4. The standard InChI is InChI=1S/C27H28BrN3O5/c1-17-5-7-19(8-6-17)16-36-25-23(28)13-20(14-24(25)35-4)15-29-31-26(32)18(2)30-27(33)21-9-11-22(34-3)12-10-21/h5-15,18H,16H2,1-4H3,(H,30,33)(H,31,32). The van der Waals surface area contributed by atoms with E-state index in [0.29, 0.717) is 39.5 Å². The zero-order valence-electron chi connectivity index (χ0n) is 20.5. The molecule has 3 aromatic carbocycles. The highest BCUT2D eigenvalue weighted by Gasteiger charge is 2.16. The minimum absolute atomic E-state index is 0.376. The molecule has 0 saturated heterocycles. The lowest BCUT2D eigenvalue weighted by atomic mass is 10.2. The van der Waals surface area contributed by atoms with Gasteiger partial charge in [0.2, 0.25) is 0 Å². The molecule has 0 aromatic heterocycles. The van der Waals surface area contributed by atoms with Crippen LogP contribution in [0.15, 0.2) is 70.2 Å². The normalized spacial score (nSPS) is 11.6. The molecule has 0 saturated carbocycles. The van der Waals surface area contributed by atoms with Crippen molar-refractivity contribution in [3.8, 4) is 17.2 Å². The molecule has 3 rings (SSSR count). The number of aryl methyl sites for hydroxylation is 1. The van der Waals surface area contributed by atoms with E-state index in [4.69, 9.17) is 14.2 Å². The van der Waals surface area contributed by atoms with Gasteiger partial charge in [0.1, 0.15) is 18.4 Å². The molecule has 0 radical (unpaired) electrons. The summed E-state index contributed by atoms with van der Waals surface area (Å²) in [5.41, 5.74) is 5.75. The highest BCUT2D eigenvalue weighted by atomic mass is 79.9. The molecule has 8 nitrogen and oxygen atoms in total. The Morgan fingerprint density at radius 2 is 1.72 bits per heavy atom. The van der Waals surface area contributed by atoms with E-state index in [1.54, 1.807) is 57.5 Å². The molecule has 2 amide bonds. The molecule has 188 valence electrons. The monoisotopic (exact) mass is 553 g/mol. The largest absolute Gasteiger partial charge is 0.497 e. The van der Waals surface area contributed by atoms with Gasteiger partial charge in [-0.15, -0.1) is 0 Å². The number of carbonyl (C=O) groups is 2. The Morgan fingerprint density at radius 1 is 1.03 bits per heavy atom. The van der Waals surface area contributed by atoms with Crippen LogP contribution in [0.5, 0.6) is 17.2 Å². The number of nitrogens with zero attached hydrogens (tertiary/aromatic N) is 1. The molecule has 0 bridgehead atoms. The van der Waals surface area contributed by atoms with Crippen LogP contribution in [-0.4, -0.2) is 38.3 Å². The second-order valence-corrected chi connectivity index (χ2v) is 8.82. The van der Waals surface area contributed by atoms with Gasteiger partial charge in [-0.3, -0.25) is 9.59 Å². The number of ether oxygens (including phenoxy) is 3. The van der Waals surface area contributed by atoms with Crippen LogP contribution in [0.4, 0.5) is 0 Å². The Labute approximate surface area is 218 Å². The summed E-state index contributed by atoms with van der Waals surface area (Å²) in [5.74, 6) is 0.885. The number of nitrogens with one attached hydrogen (secondary N) is 2. The number of hydrogen-bond donors (Lipinski definition) is 2. The Morgan fingerprint density at radius 3 is 2.36 bits per heavy atom. The van der Waals surface area contributed by atoms with Gasteiger partial charge in [-0.25, -0.2) is 5.43 Å². The number of rotatable bonds is 10. The molecule has 1 atom stereocenters. The second-order valence-electron chi connectivity index (χ2n) is 7.97. The summed E-state index contributed by atoms with van der Waals surface area (Å²) in [7, 11) is 3.10. The van der Waals surface area contributed by atoms with Crippen LogP contribution in [0.1, 0.15) is 34.0 Å². The van der Waals surface area contributed by atoms with Crippen LogP contribution < -0.4 is 25.0 Å². The van der Waals surface area contributed by atoms with Gasteiger partial charge in [0.25, 0.3) is 11.8 Å². The Balaban J connectivity index is 1.58. The maximum Gasteiger partial charge on any atom is 0.262 e. The number of amides is 2. The zero-order valence-corrected chi connectivity index (χ0v) is 22.1. The molecule has 0 aliphatic carbocycles. The van der Waals surface area contributed by atoms with Crippen LogP contribution in [-0.2, 0) is 11.4 Å². The first kappa shape index (κ1) is 26.7.